The number of hydrogen-bond acceptors (Lipinski definition) is 6. The standard InChI is InChI=1S/C20H26N2O4S/c1-13(22-9-7-17-14(12-22)8-10-27-17)11-21-20(23)15-5-6-16(24-2)19(26-4)18(15)25-3/h5-6,8,10,13H,7,9,11-12H2,1-4H3,(H,21,23). The molecule has 7 heteroatoms. The molecule has 0 radical (unpaired) electrons. The summed E-state index contributed by atoms with van der Waals surface area (Å²) in [4.78, 5) is 16.6. The number of methoxy groups -OCH3 is 3. The van der Waals surface area contributed by atoms with E-state index in [-0.39, 0.29) is 11.9 Å². The van der Waals surface area contributed by atoms with Gasteiger partial charge in [0.1, 0.15) is 0 Å². The Bertz CT molecular complexity index is 805. The lowest BCUT2D eigenvalue weighted by atomic mass is 10.1. The van der Waals surface area contributed by atoms with Crippen molar-refractivity contribution in [2.24, 2.45) is 0 Å². The monoisotopic (exact) mass is 390 g/mol. The topological polar surface area (TPSA) is 60.0 Å². The largest absolute Gasteiger partial charge is 0.493 e. The first kappa shape index (κ1) is 19.5. The summed E-state index contributed by atoms with van der Waals surface area (Å²) < 4.78 is 16.0. The molecule has 27 heavy (non-hydrogen) atoms. The Morgan fingerprint density at radius 3 is 2.67 bits per heavy atom. The molecule has 6 nitrogen and oxygen atoms in total. The van der Waals surface area contributed by atoms with Crippen molar-refractivity contribution in [1.82, 2.24) is 10.2 Å². The van der Waals surface area contributed by atoms with Gasteiger partial charge in [0.05, 0.1) is 26.9 Å². The van der Waals surface area contributed by atoms with Crippen molar-refractivity contribution in [2.75, 3.05) is 34.4 Å². The van der Waals surface area contributed by atoms with Crippen LogP contribution < -0.4 is 19.5 Å². The molecule has 1 aliphatic heterocycles. The maximum Gasteiger partial charge on any atom is 0.255 e. The van der Waals surface area contributed by atoms with Crippen molar-refractivity contribution in [3.8, 4) is 17.2 Å². The Morgan fingerprint density at radius 2 is 1.96 bits per heavy atom. The molecule has 0 fully saturated rings. The van der Waals surface area contributed by atoms with Gasteiger partial charge in [0, 0.05) is 30.6 Å². The summed E-state index contributed by atoms with van der Waals surface area (Å²) >= 11 is 1.83. The van der Waals surface area contributed by atoms with Gasteiger partial charge in [0.15, 0.2) is 11.5 Å². The van der Waals surface area contributed by atoms with Crippen molar-refractivity contribution >= 4 is 17.2 Å². The van der Waals surface area contributed by atoms with E-state index in [2.05, 4.69) is 28.6 Å². The van der Waals surface area contributed by atoms with Crippen LogP contribution in [0.15, 0.2) is 23.6 Å². The number of thiophene rings is 1. The predicted molar refractivity (Wildman–Crippen MR) is 106 cm³/mol. The van der Waals surface area contributed by atoms with Crippen molar-refractivity contribution in [1.29, 1.82) is 0 Å². The van der Waals surface area contributed by atoms with Gasteiger partial charge < -0.3 is 19.5 Å². The minimum Gasteiger partial charge on any atom is -0.493 e. The van der Waals surface area contributed by atoms with Crippen LogP contribution >= 0.6 is 11.3 Å². The molecule has 0 saturated carbocycles. The Kier molecular flexibility index (Phi) is 6.23. The first-order valence-electron chi connectivity index (χ1n) is 8.95. The van der Waals surface area contributed by atoms with Crippen LogP contribution in [0.25, 0.3) is 0 Å². The van der Waals surface area contributed by atoms with Gasteiger partial charge in [-0.2, -0.15) is 0 Å². The number of carbonyl (C=O) groups excluding carboxylic acids is 1. The number of rotatable bonds is 7. The lowest BCUT2D eigenvalue weighted by molar-refractivity contribution is 0.0929. The fourth-order valence-electron chi connectivity index (χ4n) is 3.39. The average molecular weight is 391 g/mol. The van der Waals surface area contributed by atoms with E-state index >= 15 is 0 Å². The van der Waals surface area contributed by atoms with Crippen molar-refractivity contribution in [3.63, 3.8) is 0 Å². The third kappa shape index (κ3) is 4.04. The Hall–Kier alpha value is -2.25. The molecule has 0 bridgehead atoms. The summed E-state index contributed by atoms with van der Waals surface area (Å²) in [5.74, 6) is 1.14. The highest BCUT2D eigenvalue weighted by molar-refractivity contribution is 7.10. The number of hydrogen-bond donors (Lipinski definition) is 1. The molecule has 1 aromatic carbocycles. The van der Waals surface area contributed by atoms with Crippen LogP contribution in [0, 0.1) is 0 Å². The molecule has 1 atom stereocenters. The SMILES string of the molecule is COc1ccc(C(=O)NCC(C)N2CCc3sccc3C2)c(OC)c1OC. The van der Waals surface area contributed by atoms with Crippen LogP contribution in [0.5, 0.6) is 17.2 Å². The van der Waals surface area contributed by atoms with E-state index in [0.717, 1.165) is 19.5 Å². The van der Waals surface area contributed by atoms with Gasteiger partial charge in [-0.05, 0) is 42.5 Å². The van der Waals surface area contributed by atoms with Gasteiger partial charge in [-0.1, -0.05) is 0 Å². The second-order valence-corrected chi connectivity index (χ2v) is 7.53. The molecule has 0 spiro atoms. The number of fused-ring (bicyclic) bond motifs is 1. The second-order valence-electron chi connectivity index (χ2n) is 6.53. The van der Waals surface area contributed by atoms with E-state index in [9.17, 15) is 4.79 Å². The summed E-state index contributed by atoms with van der Waals surface area (Å²) in [6.07, 6.45) is 1.08. The third-order valence-corrected chi connectivity index (χ3v) is 5.99. The van der Waals surface area contributed by atoms with Crippen LogP contribution in [-0.4, -0.2) is 51.3 Å². The van der Waals surface area contributed by atoms with E-state index in [1.54, 1.807) is 19.2 Å². The minimum absolute atomic E-state index is 0.187. The van der Waals surface area contributed by atoms with Crippen molar-refractivity contribution < 1.29 is 19.0 Å². The van der Waals surface area contributed by atoms with E-state index < -0.39 is 0 Å². The number of nitrogens with one attached hydrogen (secondary N) is 1. The Morgan fingerprint density at radius 1 is 1.19 bits per heavy atom. The normalized spacial score (nSPS) is 15.0. The smallest absolute Gasteiger partial charge is 0.255 e. The number of nitrogens with zero attached hydrogens (tertiary/aromatic N) is 1. The first-order chi connectivity index (χ1) is 13.1. The molecule has 1 unspecified atom stereocenters. The second kappa shape index (κ2) is 8.63. The molecule has 1 amide bonds. The molecule has 0 saturated heterocycles. The molecular weight excluding hydrogens is 364 g/mol. The van der Waals surface area contributed by atoms with E-state index in [0.29, 0.717) is 29.4 Å². The fraction of sp³-hybridized carbons (Fsp3) is 0.450. The van der Waals surface area contributed by atoms with Gasteiger partial charge in [0.25, 0.3) is 5.91 Å². The number of ether oxygens (including phenoxy) is 3. The molecule has 3 rings (SSSR count). The molecule has 1 aromatic heterocycles. The van der Waals surface area contributed by atoms with Crippen LogP contribution in [0.1, 0.15) is 27.7 Å². The Labute approximate surface area is 164 Å². The third-order valence-electron chi connectivity index (χ3n) is 4.97. The van der Waals surface area contributed by atoms with E-state index in [4.69, 9.17) is 14.2 Å². The van der Waals surface area contributed by atoms with E-state index in [1.165, 1.54) is 24.7 Å². The maximum atomic E-state index is 12.7. The van der Waals surface area contributed by atoms with Gasteiger partial charge in [-0.3, -0.25) is 9.69 Å². The van der Waals surface area contributed by atoms with Gasteiger partial charge >= 0.3 is 0 Å². The minimum atomic E-state index is -0.187. The summed E-state index contributed by atoms with van der Waals surface area (Å²) in [7, 11) is 4.60. The molecule has 0 aliphatic carbocycles. The van der Waals surface area contributed by atoms with Crippen molar-refractivity contribution in [2.45, 2.75) is 25.9 Å². The first-order valence-corrected chi connectivity index (χ1v) is 9.83. The molecule has 2 aromatic rings. The number of amides is 1. The van der Waals surface area contributed by atoms with Crippen LogP contribution in [0.2, 0.25) is 0 Å². The molecule has 1 N–H and O–H groups in total. The van der Waals surface area contributed by atoms with E-state index in [1.807, 2.05) is 11.3 Å². The lowest BCUT2D eigenvalue weighted by Crippen LogP contribution is -2.44. The number of benzene rings is 1. The summed E-state index contributed by atoms with van der Waals surface area (Å²) in [5.41, 5.74) is 1.84. The zero-order chi connectivity index (χ0) is 19.4. The lowest BCUT2D eigenvalue weighted by Gasteiger charge is -2.32. The summed E-state index contributed by atoms with van der Waals surface area (Å²) in [5, 5.41) is 5.18. The van der Waals surface area contributed by atoms with Crippen LogP contribution in [0.3, 0.4) is 0 Å². The predicted octanol–water partition coefficient (Wildman–Crippen LogP) is 2.95. The average Bonchev–Trinajstić information content (AvgIpc) is 3.18. The van der Waals surface area contributed by atoms with Crippen LogP contribution in [0.4, 0.5) is 0 Å². The quantitative estimate of drug-likeness (QED) is 0.788. The molecular formula is C20H26N2O4S. The fourth-order valence-corrected chi connectivity index (χ4v) is 4.28. The highest BCUT2D eigenvalue weighted by Crippen LogP contribution is 2.39. The molecule has 146 valence electrons. The highest BCUT2D eigenvalue weighted by atomic mass is 32.1. The highest BCUT2D eigenvalue weighted by Gasteiger charge is 2.24. The van der Waals surface area contributed by atoms with Crippen LogP contribution in [-0.2, 0) is 13.0 Å². The zero-order valence-corrected chi connectivity index (χ0v) is 17.0. The number of carbonyl (C=O) groups is 1. The van der Waals surface area contributed by atoms with Gasteiger partial charge in [0.2, 0.25) is 5.75 Å². The summed E-state index contributed by atoms with van der Waals surface area (Å²) in [6.45, 7) is 4.67. The Balaban J connectivity index is 1.66. The summed E-state index contributed by atoms with van der Waals surface area (Å²) in [6, 6.07) is 5.85. The maximum absolute atomic E-state index is 12.7. The zero-order valence-electron chi connectivity index (χ0n) is 16.2. The van der Waals surface area contributed by atoms with Gasteiger partial charge in [-0.25, -0.2) is 0 Å². The molecule has 2 heterocycles. The molecule has 1 aliphatic rings. The van der Waals surface area contributed by atoms with Gasteiger partial charge in [-0.15, -0.1) is 11.3 Å². The van der Waals surface area contributed by atoms with Crippen molar-refractivity contribution in [3.05, 3.63) is 39.6 Å².